The van der Waals surface area contributed by atoms with Crippen LogP contribution >= 0.6 is 0 Å². The van der Waals surface area contributed by atoms with Gasteiger partial charge in [0.1, 0.15) is 11.3 Å². The zero-order valence-corrected chi connectivity index (χ0v) is 18.8. The van der Waals surface area contributed by atoms with Crippen LogP contribution in [0.1, 0.15) is 30.5 Å². The van der Waals surface area contributed by atoms with E-state index in [0.29, 0.717) is 29.0 Å². The standard InChI is InChI=1S/C25H27N3O5/c1-4-14-9-7-10-16-21(14)26-24(32)25(16)19-18(20(27-25)13(2)29)22(30)28(23(19)31)12-15-8-5-6-11-17(15)33-3/h5-11,13,18-20,27,29H,4,12H2,1-3H3,(H,26,32)/t13-,18-,19-,20-,25-/m0/s1. The van der Waals surface area contributed by atoms with Crippen LogP contribution in [0.25, 0.3) is 0 Å². The Morgan fingerprint density at radius 1 is 1.09 bits per heavy atom. The average molecular weight is 450 g/mol. The molecule has 0 radical (unpaired) electrons. The Morgan fingerprint density at radius 3 is 2.52 bits per heavy atom. The SMILES string of the molecule is CCc1cccc2c1NC(=O)[C@]21N[C@@H]([C@H](C)O)[C@H]2C(=O)N(Cc3ccccc3OC)C(=O)[C@H]21. The highest BCUT2D eigenvalue weighted by molar-refractivity contribution is 6.15. The molecule has 3 aliphatic rings. The lowest BCUT2D eigenvalue weighted by Crippen LogP contribution is -2.54. The van der Waals surface area contributed by atoms with Crippen molar-refractivity contribution in [2.24, 2.45) is 11.8 Å². The molecular weight excluding hydrogens is 422 g/mol. The number of aryl methyl sites for hydroxylation is 1. The molecule has 33 heavy (non-hydrogen) atoms. The summed E-state index contributed by atoms with van der Waals surface area (Å²) in [5.41, 5.74) is 1.59. The van der Waals surface area contributed by atoms with E-state index in [1.54, 1.807) is 19.1 Å². The largest absolute Gasteiger partial charge is 0.496 e. The summed E-state index contributed by atoms with van der Waals surface area (Å²) in [4.78, 5) is 42.1. The molecule has 8 nitrogen and oxygen atoms in total. The molecule has 5 atom stereocenters. The summed E-state index contributed by atoms with van der Waals surface area (Å²) in [6, 6.07) is 12.1. The fourth-order valence-corrected chi connectivity index (χ4v) is 5.75. The van der Waals surface area contributed by atoms with E-state index in [1.165, 1.54) is 12.0 Å². The third-order valence-electron chi connectivity index (χ3n) is 7.28. The highest BCUT2D eigenvalue weighted by Crippen LogP contribution is 2.54. The van der Waals surface area contributed by atoms with Crippen LogP contribution in [-0.4, -0.2) is 47.0 Å². The van der Waals surface area contributed by atoms with Gasteiger partial charge >= 0.3 is 0 Å². The number of aliphatic hydroxyl groups excluding tert-OH is 1. The van der Waals surface area contributed by atoms with Crippen molar-refractivity contribution >= 4 is 23.4 Å². The Labute approximate surface area is 191 Å². The van der Waals surface area contributed by atoms with Crippen LogP contribution in [-0.2, 0) is 32.9 Å². The number of benzene rings is 2. The van der Waals surface area contributed by atoms with Crippen LogP contribution in [0.3, 0.4) is 0 Å². The van der Waals surface area contributed by atoms with Gasteiger partial charge in [0.15, 0.2) is 0 Å². The fourth-order valence-electron chi connectivity index (χ4n) is 5.75. The van der Waals surface area contributed by atoms with Crippen LogP contribution in [0.5, 0.6) is 5.75 Å². The first kappa shape index (κ1) is 21.6. The van der Waals surface area contributed by atoms with Gasteiger partial charge in [-0.3, -0.25) is 24.6 Å². The normalized spacial score (nSPS) is 28.8. The molecule has 0 unspecified atom stereocenters. The maximum Gasteiger partial charge on any atom is 0.250 e. The number of nitrogens with one attached hydrogen (secondary N) is 2. The van der Waals surface area contributed by atoms with Gasteiger partial charge in [-0.15, -0.1) is 0 Å². The summed E-state index contributed by atoms with van der Waals surface area (Å²) in [5, 5.41) is 16.7. The van der Waals surface area contributed by atoms with Crippen molar-refractivity contribution in [3.8, 4) is 5.75 Å². The van der Waals surface area contributed by atoms with Gasteiger partial charge in [0, 0.05) is 22.9 Å². The number of methoxy groups -OCH3 is 1. The first-order valence-corrected chi connectivity index (χ1v) is 11.2. The number of nitrogens with zero attached hydrogens (tertiary/aromatic N) is 1. The van der Waals surface area contributed by atoms with Gasteiger partial charge in [0.05, 0.1) is 31.6 Å². The molecule has 172 valence electrons. The molecule has 0 bridgehead atoms. The van der Waals surface area contributed by atoms with Crippen molar-refractivity contribution in [2.45, 2.75) is 44.5 Å². The van der Waals surface area contributed by atoms with E-state index in [1.807, 2.05) is 37.3 Å². The molecule has 0 saturated carbocycles. The first-order valence-electron chi connectivity index (χ1n) is 11.2. The van der Waals surface area contributed by atoms with Gasteiger partial charge in [-0.1, -0.05) is 43.3 Å². The van der Waals surface area contributed by atoms with Gasteiger partial charge in [-0.05, 0) is 25.0 Å². The number of carbonyl (C=O) groups excluding carboxylic acids is 3. The van der Waals surface area contributed by atoms with Crippen LogP contribution in [0.15, 0.2) is 42.5 Å². The molecule has 0 aliphatic carbocycles. The van der Waals surface area contributed by atoms with Gasteiger partial charge in [0.25, 0.3) is 0 Å². The number of para-hydroxylation sites is 2. The van der Waals surface area contributed by atoms with Gasteiger partial charge < -0.3 is 15.2 Å². The minimum Gasteiger partial charge on any atom is -0.496 e. The van der Waals surface area contributed by atoms with E-state index >= 15 is 0 Å². The molecule has 8 heteroatoms. The third kappa shape index (κ3) is 2.87. The molecule has 2 fully saturated rings. The number of likely N-dealkylation sites (tertiary alicyclic amines) is 1. The maximum atomic E-state index is 13.8. The number of hydrogen-bond donors (Lipinski definition) is 3. The number of hydrogen-bond acceptors (Lipinski definition) is 6. The Kier molecular flexibility index (Phi) is 5.02. The highest BCUT2D eigenvalue weighted by Gasteiger charge is 2.71. The fraction of sp³-hybridized carbons (Fsp3) is 0.400. The number of rotatable bonds is 5. The monoisotopic (exact) mass is 449 g/mol. The summed E-state index contributed by atoms with van der Waals surface area (Å²) in [6.45, 7) is 3.61. The zero-order valence-electron chi connectivity index (χ0n) is 18.8. The number of anilines is 1. The lowest BCUT2D eigenvalue weighted by atomic mass is 9.76. The summed E-state index contributed by atoms with van der Waals surface area (Å²) < 4.78 is 5.40. The highest BCUT2D eigenvalue weighted by atomic mass is 16.5. The number of aliphatic hydroxyl groups is 1. The van der Waals surface area contributed by atoms with Crippen LogP contribution < -0.4 is 15.4 Å². The molecule has 2 aromatic carbocycles. The van der Waals surface area contributed by atoms with Crippen molar-refractivity contribution in [3.05, 3.63) is 59.2 Å². The van der Waals surface area contributed by atoms with Crippen molar-refractivity contribution in [1.29, 1.82) is 0 Å². The van der Waals surface area contributed by atoms with Crippen LogP contribution in [0.2, 0.25) is 0 Å². The number of carbonyl (C=O) groups is 3. The third-order valence-corrected chi connectivity index (χ3v) is 7.28. The molecule has 3 aliphatic heterocycles. The first-order chi connectivity index (χ1) is 15.8. The second-order valence-electron chi connectivity index (χ2n) is 8.94. The van der Waals surface area contributed by atoms with Gasteiger partial charge in [-0.25, -0.2) is 0 Å². The van der Waals surface area contributed by atoms with E-state index in [9.17, 15) is 19.5 Å². The summed E-state index contributed by atoms with van der Waals surface area (Å²) in [7, 11) is 1.54. The van der Waals surface area contributed by atoms with Crippen LogP contribution in [0, 0.1) is 11.8 Å². The molecule has 3 N–H and O–H groups in total. The van der Waals surface area contributed by atoms with E-state index in [4.69, 9.17) is 4.74 Å². The molecule has 5 rings (SSSR count). The topological polar surface area (TPSA) is 108 Å². The minimum atomic E-state index is -1.41. The van der Waals surface area contributed by atoms with Crippen molar-refractivity contribution in [1.82, 2.24) is 10.2 Å². The molecule has 1 spiro atoms. The number of imide groups is 1. The predicted molar refractivity (Wildman–Crippen MR) is 120 cm³/mol. The smallest absolute Gasteiger partial charge is 0.250 e. The van der Waals surface area contributed by atoms with E-state index < -0.39 is 35.4 Å². The Bertz CT molecular complexity index is 1160. The van der Waals surface area contributed by atoms with E-state index in [-0.39, 0.29) is 18.4 Å². The predicted octanol–water partition coefficient (Wildman–Crippen LogP) is 1.56. The molecule has 0 aromatic heterocycles. The van der Waals surface area contributed by atoms with Crippen LogP contribution in [0.4, 0.5) is 5.69 Å². The number of ether oxygens (including phenoxy) is 1. The average Bonchev–Trinajstić information content (AvgIpc) is 3.40. The maximum absolute atomic E-state index is 13.8. The zero-order chi connectivity index (χ0) is 23.5. The number of fused-ring (bicyclic) bond motifs is 4. The Morgan fingerprint density at radius 2 is 1.82 bits per heavy atom. The molecule has 3 amide bonds. The number of amides is 3. The second kappa shape index (κ2) is 7.67. The van der Waals surface area contributed by atoms with E-state index in [2.05, 4.69) is 10.6 Å². The quantitative estimate of drug-likeness (QED) is 0.598. The summed E-state index contributed by atoms with van der Waals surface area (Å²) >= 11 is 0. The second-order valence-corrected chi connectivity index (χ2v) is 8.94. The van der Waals surface area contributed by atoms with Crippen molar-refractivity contribution < 1.29 is 24.2 Å². The van der Waals surface area contributed by atoms with Crippen molar-refractivity contribution in [2.75, 3.05) is 12.4 Å². The lowest BCUT2D eigenvalue weighted by molar-refractivity contribution is -0.143. The van der Waals surface area contributed by atoms with Gasteiger partial charge in [0.2, 0.25) is 17.7 Å². The van der Waals surface area contributed by atoms with E-state index in [0.717, 1.165) is 5.56 Å². The van der Waals surface area contributed by atoms with Crippen molar-refractivity contribution in [3.63, 3.8) is 0 Å². The molecular formula is C25H27N3O5. The Hall–Kier alpha value is -3.23. The lowest BCUT2D eigenvalue weighted by Gasteiger charge is -2.30. The molecule has 2 aromatic rings. The minimum absolute atomic E-state index is 0.0424. The van der Waals surface area contributed by atoms with Gasteiger partial charge in [-0.2, -0.15) is 0 Å². The summed E-state index contributed by atoms with van der Waals surface area (Å²) in [6.07, 6.45) is -0.230. The molecule has 2 saturated heterocycles. The molecule has 3 heterocycles. The summed E-state index contributed by atoms with van der Waals surface area (Å²) in [5.74, 6) is -2.40. The Balaban J connectivity index is 1.62.